The summed E-state index contributed by atoms with van der Waals surface area (Å²) >= 11 is 6.13. The fraction of sp³-hybridized carbons (Fsp3) is 0.571. The van der Waals surface area contributed by atoms with E-state index in [4.69, 9.17) is 22.1 Å². The Morgan fingerprint density at radius 3 is 2.59 bits per heavy atom. The molecule has 0 saturated heterocycles. The van der Waals surface area contributed by atoms with Crippen LogP contribution in [0.2, 0.25) is 5.02 Å². The van der Waals surface area contributed by atoms with Crippen LogP contribution >= 0.6 is 11.6 Å². The summed E-state index contributed by atoms with van der Waals surface area (Å²) in [6, 6.07) is 5.99. The fourth-order valence-corrected chi connectivity index (χ4v) is 2.92. The van der Waals surface area contributed by atoms with E-state index in [2.05, 4.69) is 0 Å². The van der Waals surface area contributed by atoms with Crippen molar-refractivity contribution in [3.05, 3.63) is 28.8 Å². The number of hydrogen-bond acceptors (Lipinski definition) is 2. The summed E-state index contributed by atoms with van der Waals surface area (Å²) in [5.74, 6) is 1.32. The van der Waals surface area contributed by atoms with Crippen LogP contribution in [-0.2, 0) is 0 Å². The van der Waals surface area contributed by atoms with Gasteiger partial charge in [-0.2, -0.15) is 0 Å². The number of ether oxygens (including phenoxy) is 1. The Morgan fingerprint density at radius 1 is 1.29 bits per heavy atom. The van der Waals surface area contributed by atoms with Gasteiger partial charge in [0.2, 0.25) is 0 Å². The highest BCUT2D eigenvalue weighted by Gasteiger charge is 2.22. The molecule has 1 unspecified atom stereocenters. The summed E-state index contributed by atoms with van der Waals surface area (Å²) in [5.41, 5.74) is 7.46. The molecule has 0 aromatic heterocycles. The van der Waals surface area contributed by atoms with Crippen molar-refractivity contribution in [3.63, 3.8) is 0 Å². The molecule has 94 valence electrons. The highest BCUT2D eigenvalue weighted by atomic mass is 35.5. The largest absolute Gasteiger partial charge is 0.495 e. The van der Waals surface area contributed by atoms with Gasteiger partial charge in [-0.1, -0.05) is 36.9 Å². The molecule has 2 N–H and O–H groups in total. The molecule has 0 spiro atoms. The first kappa shape index (κ1) is 12.7. The van der Waals surface area contributed by atoms with Crippen LogP contribution in [0, 0.1) is 5.92 Å². The van der Waals surface area contributed by atoms with Gasteiger partial charge < -0.3 is 10.5 Å². The van der Waals surface area contributed by atoms with Crippen molar-refractivity contribution >= 4 is 11.6 Å². The quantitative estimate of drug-likeness (QED) is 0.886. The molecule has 0 radical (unpaired) electrons. The lowest BCUT2D eigenvalue weighted by atomic mass is 9.81. The fourth-order valence-electron chi connectivity index (χ4n) is 2.66. The molecule has 0 aliphatic heterocycles. The van der Waals surface area contributed by atoms with Gasteiger partial charge in [-0.25, -0.2) is 0 Å². The van der Waals surface area contributed by atoms with Gasteiger partial charge in [0, 0.05) is 6.04 Å². The smallest absolute Gasteiger partial charge is 0.137 e. The normalized spacial score (nSPS) is 19.0. The summed E-state index contributed by atoms with van der Waals surface area (Å²) in [6.07, 6.45) is 6.45. The molecule has 1 aliphatic carbocycles. The standard InChI is InChI=1S/C14H20ClNO/c1-17-13-8-7-11(9-12(13)15)14(16)10-5-3-2-4-6-10/h7-10,14H,2-6,16H2,1H3. The minimum atomic E-state index is 0.110. The molecule has 1 saturated carbocycles. The van der Waals surface area contributed by atoms with Crippen molar-refractivity contribution in [2.75, 3.05) is 7.11 Å². The Bertz CT molecular complexity index is 374. The first-order valence-electron chi connectivity index (χ1n) is 6.31. The Labute approximate surface area is 108 Å². The zero-order valence-electron chi connectivity index (χ0n) is 10.3. The van der Waals surface area contributed by atoms with E-state index in [1.54, 1.807) is 7.11 Å². The topological polar surface area (TPSA) is 35.2 Å². The van der Waals surface area contributed by atoms with Gasteiger partial charge in [-0.3, -0.25) is 0 Å². The molecular weight excluding hydrogens is 234 g/mol. The molecule has 1 atom stereocenters. The molecule has 3 heteroatoms. The number of hydrogen-bond donors (Lipinski definition) is 1. The summed E-state index contributed by atoms with van der Waals surface area (Å²) in [6.45, 7) is 0. The molecule has 0 bridgehead atoms. The second kappa shape index (κ2) is 5.74. The van der Waals surface area contributed by atoms with E-state index in [1.165, 1.54) is 32.1 Å². The molecule has 1 fully saturated rings. The van der Waals surface area contributed by atoms with Gasteiger partial charge in [-0.15, -0.1) is 0 Å². The van der Waals surface area contributed by atoms with E-state index in [0.29, 0.717) is 16.7 Å². The second-order valence-corrected chi connectivity index (χ2v) is 5.23. The maximum atomic E-state index is 6.33. The van der Waals surface area contributed by atoms with E-state index in [9.17, 15) is 0 Å². The SMILES string of the molecule is COc1ccc(C(N)C2CCCCC2)cc1Cl. The molecule has 1 aliphatic rings. The zero-order chi connectivity index (χ0) is 12.3. The minimum Gasteiger partial charge on any atom is -0.495 e. The summed E-state index contributed by atoms with van der Waals surface area (Å²) in [7, 11) is 1.63. The van der Waals surface area contributed by atoms with Gasteiger partial charge >= 0.3 is 0 Å². The van der Waals surface area contributed by atoms with E-state index in [0.717, 1.165) is 5.56 Å². The Kier molecular flexibility index (Phi) is 4.30. The third-order valence-corrected chi connectivity index (χ3v) is 4.01. The van der Waals surface area contributed by atoms with Crippen molar-refractivity contribution in [1.82, 2.24) is 0 Å². The average molecular weight is 254 g/mol. The van der Waals surface area contributed by atoms with Crippen LogP contribution in [0.15, 0.2) is 18.2 Å². The lowest BCUT2D eigenvalue weighted by Gasteiger charge is -2.28. The van der Waals surface area contributed by atoms with Crippen LogP contribution in [0.4, 0.5) is 0 Å². The van der Waals surface area contributed by atoms with Crippen molar-refractivity contribution in [3.8, 4) is 5.75 Å². The van der Waals surface area contributed by atoms with Gasteiger partial charge in [0.1, 0.15) is 5.75 Å². The van der Waals surface area contributed by atoms with E-state index in [1.807, 2.05) is 18.2 Å². The predicted octanol–water partition coefficient (Wildman–Crippen LogP) is 3.93. The highest BCUT2D eigenvalue weighted by molar-refractivity contribution is 6.32. The summed E-state index contributed by atoms with van der Waals surface area (Å²) < 4.78 is 5.15. The van der Waals surface area contributed by atoms with Crippen molar-refractivity contribution in [2.24, 2.45) is 11.7 Å². The Hall–Kier alpha value is -0.730. The molecule has 0 amide bonds. The first-order valence-corrected chi connectivity index (χ1v) is 6.69. The zero-order valence-corrected chi connectivity index (χ0v) is 11.0. The number of methoxy groups -OCH3 is 1. The van der Waals surface area contributed by atoms with Gasteiger partial charge in [-0.05, 0) is 36.5 Å². The average Bonchev–Trinajstić information content (AvgIpc) is 2.39. The highest BCUT2D eigenvalue weighted by Crippen LogP contribution is 2.35. The molecule has 17 heavy (non-hydrogen) atoms. The number of halogens is 1. The minimum absolute atomic E-state index is 0.110. The third kappa shape index (κ3) is 2.93. The van der Waals surface area contributed by atoms with Crippen LogP contribution in [0.3, 0.4) is 0 Å². The van der Waals surface area contributed by atoms with Crippen LogP contribution in [0.5, 0.6) is 5.75 Å². The van der Waals surface area contributed by atoms with Crippen LogP contribution in [0.25, 0.3) is 0 Å². The van der Waals surface area contributed by atoms with Crippen LogP contribution in [0.1, 0.15) is 43.7 Å². The maximum Gasteiger partial charge on any atom is 0.137 e. The molecule has 1 aromatic carbocycles. The molecular formula is C14H20ClNO. The number of nitrogens with two attached hydrogens (primary N) is 1. The third-order valence-electron chi connectivity index (χ3n) is 3.72. The Morgan fingerprint density at radius 2 is 2.00 bits per heavy atom. The Balaban J connectivity index is 2.12. The number of benzene rings is 1. The van der Waals surface area contributed by atoms with E-state index >= 15 is 0 Å². The van der Waals surface area contributed by atoms with E-state index < -0.39 is 0 Å². The van der Waals surface area contributed by atoms with Gasteiger partial charge in [0.25, 0.3) is 0 Å². The number of rotatable bonds is 3. The van der Waals surface area contributed by atoms with Crippen molar-refractivity contribution in [1.29, 1.82) is 0 Å². The van der Waals surface area contributed by atoms with Crippen LogP contribution < -0.4 is 10.5 Å². The van der Waals surface area contributed by atoms with Gasteiger partial charge in [0.15, 0.2) is 0 Å². The van der Waals surface area contributed by atoms with Crippen molar-refractivity contribution < 1.29 is 4.74 Å². The summed E-state index contributed by atoms with van der Waals surface area (Å²) in [5, 5.41) is 0.649. The molecule has 0 heterocycles. The summed E-state index contributed by atoms with van der Waals surface area (Å²) in [4.78, 5) is 0. The molecule has 1 aromatic rings. The van der Waals surface area contributed by atoms with E-state index in [-0.39, 0.29) is 6.04 Å². The van der Waals surface area contributed by atoms with Crippen LogP contribution in [-0.4, -0.2) is 7.11 Å². The maximum absolute atomic E-state index is 6.33. The molecule has 2 rings (SSSR count). The second-order valence-electron chi connectivity index (χ2n) is 4.82. The van der Waals surface area contributed by atoms with Gasteiger partial charge in [0.05, 0.1) is 12.1 Å². The monoisotopic (exact) mass is 253 g/mol. The first-order chi connectivity index (χ1) is 8.22. The van der Waals surface area contributed by atoms with Crippen molar-refractivity contribution in [2.45, 2.75) is 38.1 Å². The molecule has 2 nitrogen and oxygen atoms in total. The lowest BCUT2D eigenvalue weighted by molar-refractivity contribution is 0.308. The lowest BCUT2D eigenvalue weighted by Crippen LogP contribution is -2.23. The predicted molar refractivity (Wildman–Crippen MR) is 71.5 cm³/mol.